The maximum Gasteiger partial charge on any atom is 0.245 e. The van der Waals surface area contributed by atoms with Gasteiger partial charge in [-0.2, -0.15) is 0 Å². The topological polar surface area (TPSA) is 58.2 Å². The van der Waals surface area contributed by atoms with Gasteiger partial charge in [0.2, 0.25) is 11.8 Å². The Bertz CT molecular complexity index is 384. The van der Waals surface area contributed by atoms with Gasteiger partial charge in [-0.1, -0.05) is 19.8 Å². The van der Waals surface area contributed by atoms with Gasteiger partial charge in [0.25, 0.3) is 0 Å². The number of carbonyl (C=O) groups is 2. The van der Waals surface area contributed by atoms with Crippen LogP contribution in [0.3, 0.4) is 0 Å². The summed E-state index contributed by atoms with van der Waals surface area (Å²) in [7, 11) is 0. The normalized spacial score (nSPS) is 31.8. The molecule has 106 valence electrons. The molecule has 3 aliphatic carbocycles. The predicted octanol–water partition coefficient (Wildman–Crippen LogP) is 1.60. The van der Waals surface area contributed by atoms with Gasteiger partial charge in [0.1, 0.15) is 5.54 Å². The summed E-state index contributed by atoms with van der Waals surface area (Å²) in [6.07, 6.45) is 7.13. The fraction of sp³-hybridized carbons (Fsp3) is 0.867. The summed E-state index contributed by atoms with van der Waals surface area (Å²) in [4.78, 5) is 24.6. The number of hydrogen-bond acceptors (Lipinski definition) is 2. The van der Waals surface area contributed by atoms with Gasteiger partial charge in [-0.25, -0.2) is 0 Å². The smallest absolute Gasteiger partial charge is 0.245 e. The lowest BCUT2D eigenvalue weighted by Crippen LogP contribution is -2.57. The van der Waals surface area contributed by atoms with Crippen LogP contribution in [0, 0.1) is 17.8 Å². The zero-order chi connectivity index (χ0) is 13.5. The molecule has 0 aromatic heterocycles. The summed E-state index contributed by atoms with van der Waals surface area (Å²) in [5.74, 6) is 1.47. The van der Waals surface area contributed by atoms with Crippen LogP contribution in [-0.4, -0.2) is 23.9 Å². The molecule has 3 saturated carbocycles. The average molecular weight is 264 g/mol. The molecule has 0 saturated heterocycles. The Kier molecular flexibility index (Phi) is 3.27. The third-order valence-electron chi connectivity index (χ3n) is 4.95. The Morgan fingerprint density at radius 3 is 2.37 bits per heavy atom. The van der Waals surface area contributed by atoms with Crippen LogP contribution in [0.5, 0.6) is 0 Å². The fourth-order valence-corrected chi connectivity index (χ4v) is 3.13. The minimum Gasteiger partial charge on any atom is -0.354 e. The molecule has 0 aliphatic heterocycles. The quantitative estimate of drug-likeness (QED) is 0.792. The lowest BCUT2D eigenvalue weighted by atomic mass is 9.95. The number of hydrogen-bond donors (Lipinski definition) is 2. The van der Waals surface area contributed by atoms with Crippen molar-refractivity contribution in [1.82, 2.24) is 10.6 Å². The van der Waals surface area contributed by atoms with Gasteiger partial charge in [0.15, 0.2) is 0 Å². The number of rotatable bonds is 5. The summed E-state index contributed by atoms with van der Waals surface area (Å²) in [5, 5.41) is 6.13. The molecule has 3 aliphatic rings. The maximum absolute atomic E-state index is 12.4. The molecule has 0 spiro atoms. The van der Waals surface area contributed by atoms with E-state index in [-0.39, 0.29) is 17.7 Å². The van der Waals surface area contributed by atoms with Crippen LogP contribution in [0.1, 0.15) is 51.9 Å². The summed E-state index contributed by atoms with van der Waals surface area (Å²) in [6.45, 7) is 2.88. The highest BCUT2D eigenvalue weighted by Crippen LogP contribution is 2.39. The van der Waals surface area contributed by atoms with Crippen LogP contribution in [0.25, 0.3) is 0 Å². The monoisotopic (exact) mass is 264 g/mol. The van der Waals surface area contributed by atoms with E-state index in [0.29, 0.717) is 11.8 Å². The molecule has 4 heteroatoms. The van der Waals surface area contributed by atoms with Gasteiger partial charge in [-0.05, 0) is 43.9 Å². The van der Waals surface area contributed by atoms with Crippen molar-refractivity contribution in [3.63, 3.8) is 0 Å². The third kappa shape index (κ3) is 2.77. The Morgan fingerprint density at radius 2 is 1.84 bits per heavy atom. The molecule has 0 aromatic rings. The second kappa shape index (κ2) is 4.80. The Hall–Kier alpha value is -1.06. The van der Waals surface area contributed by atoms with Crippen molar-refractivity contribution < 1.29 is 9.59 Å². The molecule has 3 fully saturated rings. The van der Waals surface area contributed by atoms with Crippen LogP contribution in [0.4, 0.5) is 0 Å². The summed E-state index contributed by atoms with van der Waals surface area (Å²) < 4.78 is 0. The van der Waals surface area contributed by atoms with Gasteiger partial charge in [0, 0.05) is 12.5 Å². The molecule has 0 unspecified atom stereocenters. The highest BCUT2D eigenvalue weighted by Gasteiger charge is 2.47. The molecule has 0 heterocycles. The van der Waals surface area contributed by atoms with Crippen LogP contribution < -0.4 is 10.6 Å². The van der Waals surface area contributed by atoms with Crippen molar-refractivity contribution >= 4 is 11.8 Å². The van der Waals surface area contributed by atoms with Crippen LogP contribution in [-0.2, 0) is 9.59 Å². The Morgan fingerprint density at radius 1 is 1.21 bits per heavy atom. The number of amides is 2. The molecule has 2 atom stereocenters. The molecule has 2 amide bonds. The van der Waals surface area contributed by atoms with E-state index in [0.717, 1.165) is 38.6 Å². The van der Waals surface area contributed by atoms with Gasteiger partial charge in [-0.15, -0.1) is 0 Å². The van der Waals surface area contributed by atoms with E-state index in [4.69, 9.17) is 0 Å². The average Bonchev–Trinajstić information content (AvgIpc) is 3.29. The Labute approximate surface area is 114 Å². The van der Waals surface area contributed by atoms with Gasteiger partial charge < -0.3 is 10.6 Å². The standard InChI is InChI=1S/C15H24N2O2/c1-10-8-12(10)13(18)17-15(6-2-3-7-15)14(19)16-9-11-4-5-11/h10-12H,2-9H2,1H3,(H,16,19)(H,17,18)/t10-,12-/m0/s1. The minimum atomic E-state index is -0.603. The number of carbonyl (C=O) groups excluding carboxylic acids is 2. The molecule has 0 radical (unpaired) electrons. The first kappa shape index (κ1) is 12.9. The lowest BCUT2D eigenvalue weighted by Gasteiger charge is -2.29. The van der Waals surface area contributed by atoms with Crippen molar-refractivity contribution in [1.29, 1.82) is 0 Å². The van der Waals surface area contributed by atoms with Crippen molar-refractivity contribution in [2.75, 3.05) is 6.54 Å². The van der Waals surface area contributed by atoms with E-state index in [1.54, 1.807) is 0 Å². The largest absolute Gasteiger partial charge is 0.354 e. The SMILES string of the molecule is C[C@H]1C[C@@H]1C(=O)NC1(C(=O)NCC2CC2)CCCC1. The minimum absolute atomic E-state index is 0.0542. The second-order valence-corrected chi connectivity index (χ2v) is 6.75. The first-order valence-corrected chi connectivity index (χ1v) is 7.71. The Balaban J connectivity index is 1.60. The van der Waals surface area contributed by atoms with Gasteiger partial charge in [-0.3, -0.25) is 9.59 Å². The van der Waals surface area contributed by atoms with E-state index in [2.05, 4.69) is 17.6 Å². The molecule has 4 nitrogen and oxygen atoms in total. The summed E-state index contributed by atoms with van der Waals surface area (Å²) in [6, 6.07) is 0. The first-order chi connectivity index (χ1) is 9.11. The van der Waals surface area contributed by atoms with Crippen molar-refractivity contribution in [3.8, 4) is 0 Å². The molecular weight excluding hydrogens is 240 g/mol. The molecule has 2 N–H and O–H groups in total. The molecule has 0 bridgehead atoms. The molecule has 3 rings (SSSR count). The van der Waals surface area contributed by atoms with Crippen molar-refractivity contribution in [3.05, 3.63) is 0 Å². The second-order valence-electron chi connectivity index (χ2n) is 6.75. The highest BCUT2D eigenvalue weighted by molar-refractivity contribution is 5.93. The summed E-state index contributed by atoms with van der Waals surface area (Å²) >= 11 is 0. The number of nitrogens with one attached hydrogen (secondary N) is 2. The zero-order valence-corrected chi connectivity index (χ0v) is 11.7. The fourth-order valence-electron chi connectivity index (χ4n) is 3.13. The third-order valence-corrected chi connectivity index (χ3v) is 4.95. The van der Waals surface area contributed by atoms with E-state index in [9.17, 15) is 9.59 Å². The lowest BCUT2D eigenvalue weighted by molar-refractivity contribution is -0.134. The highest BCUT2D eigenvalue weighted by atomic mass is 16.2. The van der Waals surface area contributed by atoms with Crippen LogP contribution >= 0.6 is 0 Å². The maximum atomic E-state index is 12.4. The van der Waals surface area contributed by atoms with E-state index < -0.39 is 5.54 Å². The molecular formula is C15H24N2O2. The van der Waals surface area contributed by atoms with E-state index in [1.165, 1.54) is 12.8 Å². The van der Waals surface area contributed by atoms with Crippen LogP contribution in [0.15, 0.2) is 0 Å². The van der Waals surface area contributed by atoms with Gasteiger partial charge in [0.05, 0.1) is 0 Å². The van der Waals surface area contributed by atoms with Crippen molar-refractivity contribution in [2.24, 2.45) is 17.8 Å². The predicted molar refractivity (Wildman–Crippen MR) is 72.3 cm³/mol. The first-order valence-electron chi connectivity index (χ1n) is 7.71. The zero-order valence-electron chi connectivity index (χ0n) is 11.7. The van der Waals surface area contributed by atoms with Crippen LogP contribution in [0.2, 0.25) is 0 Å². The summed E-state index contributed by atoms with van der Waals surface area (Å²) in [5.41, 5.74) is -0.603. The van der Waals surface area contributed by atoms with E-state index in [1.807, 2.05) is 0 Å². The van der Waals surface area contributed by atoms with Gasteiger partial charge >= 0.3 is 0 Å². The molecule has 0 aromatic carbocycles. The van der Waals surface area contributed by atoms with Crippen molar-refractivity contribution in [2.45, 2.75) is 57.4 Å². The van der Waals surface area contributed by atoms with E-state index >= 15 is 0 Å². The molecule has 19 heavy (non-hydrogen) atoms.